The minimum Gasteiger partial charge on any atom is -0.382 e. The second kappa shape index (κ2) is 12.4. The second-order valence-electron chi connectivity index (χ2n) is 10.8. The van der Waals surface area contributed by atoms with Gasteiger partial charge in [-0.15, -0.1) is 0 Å². The Morgan fingerprint density at radius 1 is 0.974 bits per heavy atom. The molecular weight excluding hydrogens is 568 g/mol. The molecule has 3 fully saturated rings. The van der Waals surface area contributed by atoms with Crippen LogP contribution in [0, 0.1) is 11.8 Å². The molecule has 3 aliphatic rings. The Morgan fingerprint density at radius 3 is 2.28 bits per heavy atom. The van der Waals surface area contributed by atoms with Crippen LogP contribution in [0.25, 0.3) is 0 Å². The van der Waals surface area contributed by atoms with E-state index >= 15 is 0 Å². The van der Waals surface area contributed by atoms with Gasteiger partial charge in [0.25, 0.3) is 0 Å². The summed E-state index contributed by atoms with van der Waals surface area (Å²) >= 11 is 11.8. The van der Waals surface area contributed by atoms with Crippen LogP contribution in [0.1, 0.15) is 25.7 Å². The molecule has 2 atom stereocenters. The molecule has 0 radical (unpaired) electrons. The van der Waals surface area contributed by atoms with Crippen LogP contribution in [0.15, 0.2) is 47.4 Å². The number of thioether (sulfide) groups is 1. The average molecular weight is 602 g/mol. The number of alkyl halides is 3. The fourth-order valence-electron chi connectivity index (χ4n) is 6.05. The predicted molar refractivity (Wildman–Crippen MR) is 153 cm³/mol. The third kappa shape index (κ3) is 7.69. The molecule has 0 saturated carbocycles. The van der Waals surface area contributed by atoms with E-state index in [9.17, 15) is 18.0 Å². The first-order valence-corrected chi connectivity index (χ1v) is 15.0. The van der Waals surface area contributed by atoms with Crippen molar-refractivity contribution in [3.05, 3.63) is 52.5 Å². The zero-order valence-corrected chi connectivity index (χ0v) is 23.9. The normalized spacial score (nSPS) is 22.4. The van der Waals surface area contributed by atoms with Gasteiger partial charge < -0.3 is 20.0 Å². The summed E-state index contributed by atoms with van der Waals surface area (Å²) in [6.07, 6.45) is 2.93. The second-order valence-corrected chi connectivity index (χ2v) is 12.7. The number of hydrogen-bond acceptors (Lipinski definition) is 5. The standard InChI is InChI=1S/C28H33Cl2F3N4OS/c29-21-3-6-24(7-4-21)37-17-19-15-35(16-20(19)18-37)11-1-2-27(38)36-12-9-22(10-13-36)34-23-5-8-25(30)26(14-23)39-28(31,32)33/h3-8,14,19-20,22,34H,1-2,9-13,15-18H2. The molecule has 1 amide bonds. The van der Waals surface area contributed by atoms with Crippen molar-refractivity contribution in [2.75, 3.05) is 56.0 Å². The van der Waals surface area contributed by atoms with Crippen LogP contribution in [-0.2, 0) is 4.79 Å². The highest BCUT2D eigenvalue weighted by atomic mass is 35.5. The number of carbonyl (C=O) groups excluding carboxylic acids is 1. The Bertz CT molecular complexity index is 1130. The van der Waals surface area contributed by atoms with Gasteiger partial charge in [-0.1, -0.05) is 23.2 Å². The minimum atomic E-state index is -4.39. The number of carbonyl (C=O) groups is 1. The Hall–Kier alpha value is -1.81. The number of rotatable bonds is 8. The highest BCUT2D eigenvalue weighted by molar-refractivity contribution is 8.00. The first-order valence-electron chi connectivity index (χ1n) is 13.5. The molecule has 5 rings (SSSR count). The summed E-state index contributed by atoms with van der Waals surface area (Å²) in [7, 11) is 0. The Morgan fingerprint density at radius 2 is 1.64 bits per heavy atom. The summed E-state index contributed by atoms with van der Waals surface area (Å²) in [5, 5.41) is 4.16. The fourth-order valence-corrected chi connectivity index (χ4v) is 7.01. The maximum absolute atomic E-state index is 12.8. The monoisotopic (exact) mass is 600 g/mol. The molecule has 1 N–H and O–H groups in total. The molecule has 2 aromatic carbocycles. The molecule has 39 heavy (non-hydrogen) atoms. The third-order valence-electron chi connectivity index (χ3n) is 7.99. The Balaban J connectivity index is 0.996. The van der Waals surface area contributed by atoms with Gasteiger partial charge in [-0.2, -0.15) is 13.2 Å². The van der Waals surface area contributed by atoms with Crippen molar-refractivity contribution in [3.8, 4) is 0 Å². The molecule has 5 nitrogen and oxygen atoms in total. The zero-order chi connectivity index (χ0) is 27.6. The number of halogens is 5. The van der Waals surface area contributed by atoms with Crippen LogP contribution >= 0.6 is 35.0 Å². The van der Waals surface area contributed by atoms with Crippen molar-refractivity contribution in [1.82, 2.24) is 9.80 Å². The molecule has 0 aromatic heterocycles. The number of piperidine rings is 1. The Kier molecular flexibility index (Phi) is 9.11. The van der Waals surface area contributed by atoms with Crippen LogP contribution in [0.3, 0.4) is 0 Å². The van der Waals surface area contributed by atoms with E-state index in [0.717, 1.165) is 57.0 Å². The van der Waals surface area contributed by atoms with Crippen molar-refractivity contribution in [2.45, 2.75) is 42.1 Å². The summed E-state index contributed by atoms with van der Waals surface area (Å²) in [5.41, 5.74) is -2.54. The maximum Gasteiger partial charge on any atom is 0.446 e. The first kappa shape index (κ1) is 28.7. The molecule has 3 heterocycles. The lowest BCUT2D eigenvalue weighted by atomic mass is 10.0. The predicted octanol–water partition coefficient (Wildman–Crippen LogP) is 6.86. The van der Waals surface area contributed by atoms with Gasteiger partial charge >= 0.3 is 5.51 Å². The van der Waals surface area contributed by atoms with Crippen LogP contribution in [0.2, 0.25) is 10.0 Å². The fraction of sp³-hybridized carbons (Fsp3) is 0.536. The summed E-state index contributed by atoms with van der Waals surface area (Å²) in [6, 6.07) is 12.8. The Labute approximate surface area is 242 Å². The number of fused-ring (bicyclic) bond motifs is 1. The van der Waals surface area contributed by atoms with Crippen molar-refractivity contribution in [3.63, 3.8) is 0 Å². The van der Waals surface area contributed by atoms with Gasteiger partial charge in [0.15, 0.2) is 0 Å². The molecule has 2 aromatic rings. The van der Waals surface area contributed by atoms with E-state index in [1.807, 2.05) is 17.0 Å². The van der Waals surface area contributed by atoms with Crippen molar-refractivity contribution in [2.24, 2.45) is 11.8 Å². The minimum absolute atomic E-state index is 0.0118. The van der Waals surface area contributed by atoms with Gasteiger partial charge in [0.1, 0.15) is 0 Å². The largest absolute Gasteiger partial charge is 0.446 e. The van der Waals surface area contributed by atoms with Gasteiger partial charge in [0.2, 0.25) is 5.91 Å². The molecular formula is C28H33Cl2F3N4OS. The van der Waals surface area contributed by atoms with Gasteiger partial charge in [-0.05, 0) is 91.9 Å². The van der Waals surface area contributed by atoms with Crippen molar-refractivity contribution < 1.29 is 18.0 Å². The van der Waals surface area contributed by atoms with Gasteiger partial charge in [0.05, 0.1) is 5.02 Å². The van der Waals surface area contributed by atoms with Crippen LogP contribution in [-0.4, -0.2) is 73.1 Å². The molecule has 3 saturated heterocycles. The molecule has 11 heteroatoms. The third-order valence-corrected chi connectivity index (χ3v) is 9.48. The highest BCUT2D eigenvalue weighted by Crippen LogP contribution is 2.41. The van der Waals surface area contributed by atoms with Gasteiger partial charge in [0, 0.05) is 73.0 Å². The topological polar surface area (TPSA) is 38.8 Å². The quantitative estimate of drug-likeness (QED) is 0.335. The number of benzene rings is 2. The van der Waals surface area contributed by atoms with Crippen LogP contribution < -0.4 is 10.2 Å². The van der Waals surface area contributed by atoms with E-state index in [-0.39, 0.29) is 33.6 Å². The zero-order valence-electron chi connectivity index (χ0n) is 21.6. The number of nitrogens with one attached hydrogen (secondary N) is 1. The van der Waals surface area contributed by atoms with Gasteiger partial charge in [-0.3, -0.25) is 4.79 Å². The average Bonchev–Trinajstić information content (AvgIpc) is 3.45. The lowest BCUT2D eigenvalue weighted by Crippen LogP contribution is -2.42. The molecule has 0 bridgehead atoms. The summed E-state index contributed by atoms with van der Waals surface area (Å²) in [5.74, 6) is 1.54. The van der Waals surface area contributed by atoms with Crippen molar-refractivity contribution in [1.29, 1.82) is 0 Å². The summed E-state index contributed by atoms with van der Waals surface area (Å²) in [6.45, 7) is 6.59. The number of amides is 1. The number of likely N-dealkylation sites (tertiary alicyclic amines) is 2. The van der Waals surface area contributed by atoms with E-state index in [0.29, 0.717) is 37.0 Å². The summed E-state index contributed by atoms with van der Waals surface area (Å²) in [4.78, 5) is 19.7. The maximum atomic E-state index is 12.8. The van der Waals surface area contributed by atoms with Gasteiger partial charge in [-0.25, -0.2) is 0 Å². The van der Waals surface area contributed by atoms with Crippen LogP contribution in [0.4, 0.5) is 24.5 Å². The smallest absolute Gasteiger partial charge is 0.382 e. The number of anilines is 2. The molecule has 0 spiro atoms. The molecule has 3 aliphatic heterocycles. The van der Waals surface area contributed by atoms with Crippen LogP contribution in [0.5, 0.6) is 0 Å². The van der Waals surface area contributed by atoms with E-state index in [2.05, 4.69) is 27.2 Å². The molecule has 212 valence electrons. The molecule has 2 unspecified atom stereocenters. The lowest BCUT2D eigenvalue weighted by molar-refractivity contribution is -0.132. The molecule has 0 aliphatic carbocycles. The first-order chi connectivity index (χ1) is 18.6. The van der Waals surface area contributed by atoms with E-state index in [4.69, 9.17) is 23.2 Å². The van der Waals surface area contributed by atoms with E-state index in [1.54, 1.807) is 6.07 Å². The summed E-state index contributed by atoms with van der Waals surface area (Å²) < 4.78 is 38.3. The number of nitrogens with zero attached hydrogens (tertiary/aromatic N) is 3. The highest BCUT2D eigenvalue weighted by Gasteiger charge is 2.39. The number of hydrogen-bond donors (Lipinski definition) is 1. The van der Waals surface area contributed by atoms with E-state index < -0.39 is 5.51 Å². The SMILES string of the molecule is O=C(CCCN1CC2CN(c3ccc(Cl)cc3)CC2C1)N1CCC(Nc2ccc(Cl)c(SC(F)(F)F)c2)CC1. The lowest BCUT2D eigenvalue weighted by Gasteiger charge is -2.33. The van der Waals surface area contributed by atoms with E-state index in [1.165, 1.54) is 17.8 Å². The van der Waals surface area contributed by atoms with Crippen molar-refractivity contribution >= 4 is 52.2 Å².